The largest absolute Gasteiger partial charge is 0.373 e. The lowest BCUT2D eigenvalue weighted by molar-refractivity contribution is 1.17. The lowest BCUT2D eigenvalue weighted by Gasteiger charge is -2.09. The van der Waals surface area contributed by atoms with Crippen molar-refractivity contribution in [3.63, 3.8) is 0 Å². The van der Waals surface area contributed by atoms with Crippen molar-refractivity contribution >= 4 is 50.8 Å². The zero-order chi connectivity index (χ0) is 13.1. The van der Waals surface area contributed by atoms with Crippen LogP contribution < -0.4 is 16.4 Å². The van der Waals surface area contributed by atoms with Crippen LogP contribution in [-0.2, 0) is 0 Å². The summed E-state index contributed by atoms with van der Waals surface area (Å²) in [7, 11) is 1.76. The quantitative estimate of drug-likeness (QED) is 0.806. The van der Waals surface area contributed by atoms with Crippen molar-refractivity contribution in [1.82, 2.24) is 9.97 Å². The van der Waals surface area contributed by atoms with Gasteiger partial charge in [0.2, 0.25) is 5.95 Å². The molecule has 0 aliphatic heterocycles. The third-order valence-electron chi connectivity index (χ3n) is 2.19. The van der Waals surface area contributed by atoms with Gasteiger partial charge in [0, 0.05) is 17.6 Å². The van der Waals surface area contributed by atoms with Crippen LogP contribution in [0.3, 0.4) is 0 Å². The molecule has 0 bridgehead atoms. The summed E-state index contributed by atoms with van der Waals surface area (Å²) in [5, 5.41) is 6.59. The van der Waals surface area contributed by atoms with Gasteiger partial charge in [-0.05, 0) is 18.2 Å². The Kier molecular flexibility index (Phi) is 3.88. The fraction of sp³-hybridized carbons (Fsp3) is 0.0909. The Hall–Kier alpha value is -1.53. The van der Waals surface area contributed by atoms with E-state index in [9.17, 15) is 0 Å². The molecular formula is C11H11BrClN5. The Morgan fingerprint density at radius 2 is 1.94 bits per heavy atom. The molecular weight excluding hydrogens is 318 g/mol. The summed E-state index contributed by atoms with van der Waals surface area (Å²) < 4.78 is 0.913. The van der Waals surface area contributed by atoms with Crippen molar-refractivity contribution in [3.05, 3.63) is 33.8 Å². The van der Waals surface area contributed by atoms with Crippen molar-refractivity contribution in [2.75, 3.05) is 23.4 Å². The Labute approximate surface area is 118 Å². The van der Waals surface area contributed by atoms with Gasteiger partial charge < -0.3 is 16.4 Å². The van der Waals surface area contributed by atoms with E-state index in [0.717, 1.165) is 10.2 Å². The number of nitrogens with two attached hydrogens (primary N) is 1. The summed E-state index contributed by atoms with van der Waals surface area (Å²) in [6.07, 6.45) is 0. The van der Waals surface area contributed by atoms with Crippen molar-refractivity contribution in [2.24, 2.45) is 0 Å². The average Bonchev–Trinajstić information content (AvgIpc) is 2.32. The van der Waals surface area contributed by atoms with Crippen molar-refractivity contribution in [2.45, 2.75) is 0 Å². The number of rotatable bonds is 3. The fourth-order valence-electron chi connectivity index (χ4n) is 1.39. The fourth-order valence-corrected chi connectivity index (χ4v) is 2.11. The molecule has 1 aromatic carbocycles. The molecule has 0 radical (unpaired) electrons. The molecule has 4 N–H and O–H groups in total. The van der Waals surface area contributed by atoms with Crippen LogP contribution in [0.1, 0.15) is 0 Å². The van der Waals surface area contributed by atoms with Crippen LogP contribution in [0.2, 0.25) is 5.02 Å². The Morgan fingerprint density at radius 1 is 1.22 bits per heavy atom. The van der Waals surface area contributed by atoms with E-state index in [1.165, 1.54) is 0 Å². The molecule has 18 heavy (non-hydrogen) atoms. The third-order valence-corrected chi connectivity index (χ3v) is 3.00. The van der Waals surface area contributed by atoms with Gasteiger partial charge in [0.15, 0.2) is 0 Å². The van der Waals surface area contributed by atoms with E-state index in [-0.39, 0.29) is 5.95 Å². The van der Waals surface area contributed by atoms with Gasteiger partial charge in [0.25, 0.3) is 0 Å². The first-order valence-electron chi connectivity index (χ1n) is 5.13. The van der Waals surface area contributed by atoms with Crippen LogP contribution in [0.15, 0.2) is 28.7 Å². The molecule has 0 aliphatic carbocycles. The van der Waals surface area contributed by atoms with E-state index in [4.69, 9.17) is 17.3 Å². The van der Waals surface area contributed by atoms with E-state index in [1.807, 2.05) is 12.1 Å². The minimum Gasteiger partial charge on any atom is -0.373 e. The first-order valence-corrected chi connectivity index (χ1v) is 6.30. The molecule has 1 aromatic heterocycles. The minimum absolute atomic E-state index is 0.192. The molecule has 2 rings (SSSR count). The maximum absolute atomic E-state index is 6.11. The average molecular weight is 329 g/mol. The highest BCUT2D eigenvalue weighted by atomic mass is 79.9. The highest BCUT2D eigenvalue weighted by molar-refractivity contribution is 9.10. The van der Waals surface area contributed by atoms with Gasteiger partial charge in [-0.25, -0.2) is 0 Å². The number of hydrogen-bond acceptors (Lipinski definition) is 5. The number of nitrogen functional groups attached to an aromatic ring is 1. The maximum atomic E-state index is 6.11. The number of benzene rings is 1. The molecule has 7 heteroatoms. The first kappa shape index (κ1) is 12.9. The first-order chi connectivity index (χ1) is 8.58. The van der Waals surface area contributed by atoms with E-state index in [0.29, 0.717) is 16.7 Å². The normalized spacial score (nSPS) is 10.2. The van der Waals surface area contributed by atoms with Crippen molar-refractivity contribution < 1.29 is 0 Å². The lowest BCUT2D eigenvalue weighted by Crippen LogP contribution is -2.03. The number of aromatic nitrogens is 2. The van der Waals surface area contributed by atoms with E-state index < -0.39 is 0 Å². The molecule has 0 spiro atoms. The second-order valence-electron chi connectivity index (χ2n) is 3.50. The number of hydrogen-bond donors (Lipinski definition) is 3. The highest BCUT2D eigenvalue weighted by Gasteiger charge is 2.05. The van der Waals surface area contributed by atoms with Crippen LogP contribution in [0.25, 0.3) is 0 Å². The Balaban J connectivity index is 2.30. The van der Waals surface area contributed by atoms with E-state index in [1.54, 1.807) is 19.2 Å². The number of anilines is 4. The molecule has 0 amide bonds. The van der Waals surface area contributed by atoms with Gasteiger partial charge >= 0.3 is 0 Å². The zero-order valence-corrected chi connectivity index (χ0v) is 11.9. The maximum Gasteiger partial charge on any atom is 0.223 e. The molecule has 1 heterocycles. The summed E-state index contributed by atoms with van der Waals surface area (Å²) in [6.45, 7) is 0. The van der Waals surface area contributed by atoms with Crippen LogP contribution in [0, 0.1) is 0 Å². The van der Waals surface area contributed by atoms with Gasteiger partial charge in [0.1, 0.15) is 11.6 Å². The highest BCUT2D eigenvalue weighted by Crippen LogP contribution is 2.28. The molecule has 0 aliphatic rings. The van der Waals surface area contributed by atoms with Gasteiger partial charge in [-0.15, -0.1) is 0 Å². The van der Waals surface area contributed by atoms with Gasteiger partial charge in [-0.2, -0.15) is 9.97 Å². The van der Waals surface area contributed by atoms with Gasteiger partial charge in [0.05, 0.1) is 10.7 Å². The molecule has 0 saturated carbocycles. The predicted octanol–water partition coefficient (Wildman–Crippen LogP) is 3.26. The predicted molar refractivity (Wildman–Crippen MR) is 78.4 cm³/mol. The standard InChI is InChI=1S/C11H11BrClN5/c1-15-9-5-10(18-11(14)17-9)16-8-3-2-6(12)4-7(8)13/h2-5H,1H3,(H4,14,15,16,17,18). The van der Waals surface area contributed by atoms with Crippen LogP contribution >= 0.6 is 27.5 Å². The summed E-state index contributed by atoms with van der Waals surface area (Å²) in [4.78, 5) is 8.09. The Morgan fingerprint density at radius 3 is 2.61 bits per heavy atom. The molecule has 2 aromatic rings. The van der Waals surface area contributed by atoms with E-state index >= 15 is 0 Å². The second kappa shape index (κ2) is 5.41. The van der Waals surface area contributed by atoms with Crippen molar-refractivity contribution in [1.29, 1.82) is 0 Å². The summed E-state index contributed by atoms with van der Waals surface area (Å²) in [5.41, 5.74) is 6.36. The SMILES string of the molecule is CNc1cc(Nc2ccc(Br)cc2Cl)nc(N)n1. The number of nitrogens with one attached hydrogen (secondary N) is 2. The van der Waals surface area contributed by atoms with Crippen LogP contribution in [-0.4, -0.2) is 17.0 Å². The molecule has 0 fully saturated rings. The van der Waals surface area contributed by atoms with E-state index in [2.05, 4.69) is 36.5 Å². The van der Waals surface area contributed by atoms with Gasteiger partial charge in [-0.1, -0.05) is 27.5 Å². The summed E-state index contributed by atoms with van der Waals surface area (Å²) >= 11 is 9.46. The summed E-state index contributed by atoms with van der Waals surface area (Å²) in [6, 6.07) is 7.28. The minimum atomic E-state index is 0.192. The van der Waals surface area contributed by atoms with Crippen LogP contribution in [0.5, 0.6) is 0 Å². The molecule has 5 nitrogen and oxygen atoms in total. The molecule has 0 saturated heterocycles. The lowest BCUT2D eigenvalue weighted by atomic mass is 10.3. The van der Waals surface area contributed by atoms with Gasteiger partial charge in [-0.3, -0.25) is 0 Å². The topological polar surface area (TPSA) is 75.9 Å². The molecule has 94 valence electrons. The smallest absolute Gasteiger partial charge is 0.223 e. The monoisotopic (exact) mass is 327 g/mol. The molecule has 0 atom stereocenters. The second-order valence-corrected chi connectivity index (χ2v) is 4.82. The van der Waals surface area contributed by atoms with Crippen LogP contribution in [0.4, 0.5) is 23.3 Å². The van der Waals surface area contributed by atoms with Crippen molar-refractivity contribution in [3.8, 4) is 0 Å². The molecule has 0 unspecified atom stereocenters. The number of nitrogens with zero attached hydrogens (tertiary/aromatic N) is 2. The third kappa shape index (κ3) is 3.02. The zero-order valence-electron chi connectivity index (χ0n) is 9.54. The summed E-state index contributed by atoms with van der Waals surface area (Å²) in [5.74, 6) is 1.41. The Bertz CT molecular complexity index is 575. The number of halogens is 2.